The summed E-state index contributed by atoms with van der Waals surface area (Å²) in [4.78, 5) is 12.3. The second-order valence-electron chi connectivity index (χ2n) is 11.8. The molecule has 0 saturated heterocycles. The average Bonchev–Trinajstić information content (AvgIpc) is 2.90. The fourth-order valence-corrected chi connectivity index (χ4v) is 5.29. The van der Waals surface area contributed by atoms with E-state index in [4.69, 9.17) is 0 Å². The van der Waals surface area contributed by atoms with E-state index in [0.717, 1.165) is 25.7 Å². The summed E-state index contributed by atoms with van der Waals surface area (Å²) in [7, 11) is 0. The monoisotopic (exact) mass is 542 g/mol. The number of nitrogens with one attached hydrogen (secondary N) is 1. The number of amides is 1. The lowest BCUT2D eigenvalue weighted by atomic mass is 10.0. The molecule has 0 aliphatic heterocycles. The summed E-state index contributed by atoms with van der Waals surface area (Å²) >= 11 is 0. The number of rotatable bonds is 30. The molecule has 5 nitrogen and oxygen atoms in total. The minimum atomic E-state index is -0.740. The van der Waals surface area contributed by atoms with Gasteiger partial charge in [-0.2, -0.15) is 0 Å². The van der Waals surface area contributed by atoms with Crippen LogP contribution in [0.4, 0.5) is 0 Å². The maximum Gasteiger partial charge on any atom is 0.222 e. The molecule has 0 aliphatic carbocycles. The largest absolute Gasteiger partial charge is 0.394 e. The molecule has 0 spiro atoms. The second kappa shape index (κ2) is 29.3. The standard InChI is InChI=1S/C33H67NO4/c1-3-5-7-9-11-13-14-15-16-17-19-21-23-25-27-32(37)31(29-35)34-33(38)28-30(36)26-24-22-20-18-12-10-8-6-4-2/h30-32,35-37H,3-29H2,1-2H3,(H,34,38). The minimum Gasteiger partial charge on any atom is -0.394 e. The van der Waals surface area contributed by atoms with Crippen molar-refractivity contribution in [1.29, 1.82) is 0 Å². The number of unbranched alkanes of at least 4 members (excludes halogenated alkanes) is 21. The molecule has 0 radical (unpaired) electrons. The molecule has 4 N–H and O–H groups in total. The van der Waals surface area contributed by atoms with Crippen LogP contribution in [0.3, 0.4) is 0 Å². The Kier molecular flexibility index (Phi) is 28.8. The molecule has 228 valence electrons. The highest BCUT2D eigenvalue weighted by Gasteiger charge is 2.21. The van der Waals surface area contributed by atoms with Gasteiger partial charge in [0.2, 0.25) is 5.91 Å². The van der Waals surface area contributed by atoms with Crippen molar-refractivity contribution in [2.24, 2.45) is 0 Å². The van der Waals surface area contributed by atoms with Crippen LogP contribution in [0.2, 0.25) is 0 Å². The van der Waals surface area contributed by atoms with E-state index in [9.17, 15) is 20.1 Å². The van der Waals surface area contributed by atoms with Crippen molar-refractivity contribution in [3.63, 3.8) is 0 Å². The number of hydrogen-bond acceptors (Lipinski definition) is 4. The van der Waals surface area contributed by atoms with Gasteiger partial charge in [-0.3, -0.25) is 4.79 Å². The number of aliphatic hydroxyl groups excluding tert-OH is 3. The highest BCUT2D eigenvalue weighted by atomic mass is 16.3. The Morgan fingerprint density at radius 2 is 0.895 bits per heavy atom. The third-order valence-electron chi connectivity index (χ3n) is 7.92. The Bertz CT molecular complexity index is 488. The third kappa shape index (κ3) is 25.6. The molecule has 0 aliphatic rings. The zero-order chi connectivity index (χ0) is 28.1. The molecule has 0 aromatic carbocycles. The molecule has 0 bridgehead atoms. The molecule has 5 heteroatoms. The van der Waals surface area contributed by atoms with Crippen molar-refractivity contribution >= 4 is 5.91 Å². The molecule has 0 aromatic heterocycles. The van der Waals surface area contributed by atoms with E-state index in [1.54, 1.807) is 0 Å². The summed E-state index contributed by atoms with van der Waals surface area (Å²) in [5.74, 6) is -0.285. The first-order valence-corrected chi connectivity index (χ1v) is 16.8. The van der Waals surface area contributed by atoms with Crippen molar-refractivity contribution in [3.05, 3.63) is 0 Å². The van der Waals surface area contributed by atoms with Crippen molar-refractivity contribution in [1.82, 2.24) is 5.32 Å². The van der Waals surface area contributed by atoms with E-state index in [-0.39, 0.29) is 18.9 Å². The molecule has 3 atom stereocenters. The van der Waals surface area contributed by atoms with Gasteiger partial charge in [0.05, 0.1) is 31.3 Å². The maximum atomic E-state index is 12.3. The number of carbonyl (C=O) groups is 1. The lowest BCUT2D eigenvalue weighted by Gasteiger charge is -2.23. The Labute approximate surface area is 237 Å². The second-order valence-corrected chi connectivity index (χ2v) is 11.8. The van der Waals surface area contributed by atoms with Crippen LogP contribution in [-0.4, -0.2) is 46.1 Å². The van der Waals surface area contributed by atoms with Crippen LogP contribution in [0.25, 0.3) is 0 Å². The Morgan fingerprint density at radius 3 is 1.26 bits per heavy atom. The Hall–Kier alpha value is -0.650. The third-order valence-corrected chi connectivity index (χ3v) is 7.92. The predicted octanol–water partition coefficient (Wildman–Crippen LogP) is 8.37. The smallest absolute Gasteiger partial charge is 0.222 e. The van der Waals surface area contributed by atoms with Gasteiger partial charge in [-0.25, -0.2) is 0 Å². The van der Waals surface area contributed by atoms with Crippen molar-refractivity contribution < 1.29 is 20.1 Å². The summed E-state index contributed by atoms with van der Waals surface area (Å²) < 4.78 is 0. The first-order chi connectivity index (χ1) is 18.5. The molecule has 0 saturated carbocycles. The topological polar surface area (TPSA) is 89.8 Å². The minimum absolute atomic E-state index is 0.0408. The molecule has 38 heavy (non-hydrogen) atoms. The van der Waals surface area contributed by atoms with E-state index in [2.05, 4.69) is 19.2 Å². The first kappa shape index (κ1) is 37.4. The lowest BCUT2D eigenvalue weighted by Crippen LogP contribution is -2.46. The number of aliphatic hydroxyl groups is 3. The molecule has 0 aromatic rings. The summed E-state index contributed by atoms with van der Waals surface area (Å²) in [5, 5.41) is 33.0. The van der Waals surface area contributed by atoms with Gasteiger partial charge in [0.1, 0.15) is 0 Å². The van der Waals surface area contributed by atoms with Gasteiger partial charge in [0.25, 0.3) is 0 Å². The molecular formula is C33H67NO4. The van der Waals surface area contributed by atoms with Gasteiger partial charge in [0, 0.05) is 0 Å². The van der Waals surface area contributed by atoms with Crippen molar-refractivity contribution in [2.75, 3.05) is 6.61 Å². The molecular weight excluding hydrogens is 474 g/mol. The van der Waals surface area contributed by atoms with Crippen LogP contribution in [0.15, 0.2) is 0 Å². The van der Waals surface area contributed by atoms with Crippen LogP contribution < -0.4 is 5.32 Å². The van der Waals surface area contributed by atoms with E-state index < -0.39 is 18.2 Å². The van der Waals surface area contributed by atoms with Crippen LogP contribution in [0.1, 0.15) is 181 Å². The van der Waals surface area contributed by atoms with Gasteiger partial charge in [0.15, 0.2) is 0 Å². The van der Waals surface area contributed by atoms with Crippen LogP contribution >= 0.6 is 0 Å². The summed E-state index contributed by atoms with van der Waals surface area (Å²) in [6.07, 6.45) is 29.1. The molecule has 3 unspecified atom stereocenters. The van der Waals surface area contributed by atoms with Crippen LogP contribution in [-0.2, 0) is 4.79 Å². The normalized spacial score (nSPS) is 13.9. The molecule has 1 amide bonds. The summed E-state index contributed by atoms with van der Waals surface area (Å²) in [6.45, 7) is 4.22. The summed E-state index contributed by atoms with van der Waals surface area (Å²) in [5.41, 5.74) is 0. The van der Waals surface area contributed by atoms with Crippen molar-refractivity contribution in [3.8, 4) is 0 Å². The fourth-order valence-electron chi connectivity index (χ4n) is 5.29. The van der Waals surface area contributed by atoms with Crippen molar-refractivity contribution in [2.45, 2.75) is 199 Å². The van der Waals surface area contributed by atoms with Gasteiger partial charge in [-0.1, -0.05) is 162 Å². The van der Waals surface area contributed by atoms with E-state index in [0.29, 0.717) is 12.8 Å². The van der Waals surface area contributed by atoms with Gasteiger partial charge in [-0.05, 0) is 12.8 Å². The Morgan fingerprint density at radius 1 is 0.553 bits per heavy atom. The van der Waals surface area contributed by atoms with Gasteiger partial charge >= 0.3 is 0 Å². The van der Waals surface area contributed by atoms with Gasteiger partial charge in [-0.15, -0.1) is 0 Å². The number of carbonyl (C=O) groups excluding carboxylic acids is 1. The zero-order valence-corrected chi connectivity index (χ0v) is 25.6. The number of hydrogen-bond donors (Lipinski definition) is 4. The molecule has 0 rings (SSSR count). The first-order valence-electron chi connectivity index (χ1n) is 16.8. The van der Waals surface area contributed by atoms with E-state index in [1.165, 1.54) is 122 Å². The quantitative estimate of drug-likeness (QED) is 0.0688. The van der Waals surface area contributed by atoms with E-state index in [1.807, 2.05) is 0 Å². The van der Waals surface area contributed by atoms with E-state index >= 15 is 0 Å². The van der Waals surface area contributed by atoms with Crippen LogP contribution in [0, 0.1) is 0 Å². The average molecular weight is 542 g/mol. The molecule has 0 fully saturated rings. The fraction of sp³-hybridized carbons (Fsp3) is 0.970. The maximum absolute atomic E-state index is 12.3. The summed E-state index contributed by atoms with van der Waals surface area (Å²) in [6, 6.07) is -0.649. The zero-order valence-electron chi connectivity index (χ0n) is 25.6. The lowest BCUT2D eigenvalue weighted by molar-refractivity contribution is -0.125. The Balaban J connectivity index is 3.68. The predicted molar refractivity (Wildman–Crippen MR) is 162 cm³/mol. The highest BCUT2D eigenvalue weighted by Crippen LogP contribution is 2.15. The van der Waals surface area contributed by atoms with Gasteiger partial charge < -0.3 is 20.6 Å². The van der Waals surface area contributed by atoms with Crippen LogP contribution in [0.5, 0.6) is 0 Å². The highest BCUT2D eigenvalue weighted by molar-refractivity contribution is 5.76. The molecule has 0 heterocycles. The SMILES string of the molecule is CCCCCCCCCCCCCCCCC(O)C(CO)NC(=O)CC(O)CCCCCCCCCCC.